The molecular formula is C27H20N2O2. The van der Waals surface area contributed by atoms with Crippen LogP contribution < -0.4 is 0 Å². The van der Waals surface area contributed by atoms with Crippen LogP contribution in [0.15, 0.2) is 84.9 Å². The second-order valence-corrected chi connectivity index (χ2v) is 8.65. The van der Waals surface area contributed by atoms with Gasteiger partial charge in [0, 0.05) is 22.3 Å². The van der Waals surface area contributed by atoms with Crippen molar-refractivity contribution in [2.45, 2.75) is 19.3 Å². The van der Waals surface area contributed by atoms with Gasteiger partial charge < -0.3 is 4.57 Å². The maximum atomic E-state index is 11.8. The molecule has 0 amide bonds. The van der Waals surface area contributed by atoms with Crippen LogP contribution in [0.5, 0.6) is 0 Å². The molecular weight excluding hydrogens is 384 g/mol. The van der Waals surface area contributed by atoms with Crippen LogP contribution in [-0.4, -0.2) is 9.49 Å². The lowest BCUT2D eigenvalue weighted by Crippen LogP contribution is -2.26. The van der Waals surface area contributed by atoms with Gasteiger partial charge >= 0.3 is 0 Å². The standard InChI is InChI=1S/C27H20N2O2/c1-27(2)20-11-5-8-14-24(20)28-22-12-6-4-10-19(22)25-18(15-16-21(27)26(25)28)17-9-3-7-13-23(17)29(30)31/h3-16H,1-2H3. The van der Waals surface area contributed by atoms with Gasteiger partial charge in [0.15, 0.2) is 0 Å². The van der Waals surface area contributed by atoms with E-state index in [1.165, 1.54) is 16.8 Å². The lowest BCUT2D eigenvalue weighted by molar-refractivity contribution is -0.384. The van der Waals surface area contributed by atoms with E-state index in [1.54, 1.807) is 12.1 Å². The van der Waals surface area contributed by atoms with Gasteiger partial charge in [0.25, 0.3) is 5.69 Å². The lowest BCUT2D eigenvalue weighted by Gasteiger charge is -2.35. The largest absolute Gasteiger partial charge is 0.309 e. The number of nitro groups is 1. The Labute approximate surface area is 179 Å². The Balaban J connectivity index is 1.87. The molecule has 4 aromatic carbocycles. The van der Waals surface area contributed by atoms with Gasteiger partial charge in [0.1, 0.15) is 0 Å². The molecule has 4 heteroatoms. The quantitative estimate of drug-likeness (QED) is 0.235. The molecule has 1 aliphatic rings. The molecule has 150 valence electrons. The van der Waals surface area contributed by atoms with Gasteiger partial charge in [-0.3, -0.25) is 10.1 Å². The number of hydrogen-bond acceptors (Lipinski definition) is 2. The zero-order valence-corrected chi connectivity index (χ0v) is 17.3. The highest BCUT2D eigenvalue weighted by Crippen LogP contribution is 2.50. The summed E-state index contributed by atoms with van der Waals surface area (Å²) < 4.78 is 2.33. The Morgan fingerprint density at radius 2 is 1.48 bits per heavy atom. The van der Waals surface area contributed by atoms with E-state index in [0.717, 1.165) is 27.4 Å². The van der Waals surface area contributed by atoms with Gasteiger partial charge in [-0.15, -0.1) is 0 Å². The van der Waals surface area contributed by atoms with Crippen molar-refractivity contribution in [3.8, 4) is 16.8 Å². The summed E-state index contributed by atoms with van der Waals surface area (Å²) in [6.07, 6.45) is 0. The fraction of sp³-hybridized carbons (Fsp3) is 0.111. The van der Waals surface area contributed by atoms with E-state index < -0.39 is 0 Å². The predicted molar refractivity (Wildman–Crippen MR) is 125 cm³/mol. The van der Waals surface area contributed by atoms with Crippen molar-refractivity contribution in [2.24, 2.45) is 0 Å². The number of hydrogen-bond donors (Lipinski definition) is 0. The van der Waals surface area contributed by atoms with Crippen LogP contribution in [-0.2, 0) is 5.41 Å². The zero-order valence-electron chi connectivity index (χ0n) is 17.3. The topological polar surface area (TPSA) is 48.1 Å². The SMILES string of the molecule is CC1(C)c2ccccc2-n2c3ccccc3c3c(-c4ccccc4[N+](=O)[O-])ccc1c32. The molecule has 0 saturated heterocycles. The monoisotopic (exact) mass is 404 g/mol. The molecule has 0 aliphatic carbocycles. The average molecular weight is 404 g/mol. The minimum atomic E-state index is -0.292. The normalized spacial score (nSPS) is 14.0. The molecule has 0 fully saturated rings. The maximum absolute atomic E-state index is 11.8. The second kappa shape index (κ2) is 6.05. The van der Waals surface area contributed by atoms with Crippen LogP contribution >= 0.6 is 0 Å². The highest BCUT2D eigenvalue weighted by Gasteiger charge is 2.36. The van der Waals surface area contributed by atoms with Crippen LogP contribution in [0.3, 0.4) is 0 Å². The van der Waals surface area contributed by atoms with Crippen LogP contribution in [0.4, 0.5) is 5.69 Å². The third-order valence-corrected chi connectivity index (χ3v) is 6.70. The smallest absolute Gasteiger partial charge is 0.277 e. The molecule has 0 N–H and O–H groups in total. The van der Waals surface area contributed by atoms with Crippen molar-refractivity contribution < 1.29 is 4.92 Å². The van der Waals surface area contributed by atoms with E-state index >= 15 is 0 Å². The summed E-state index contributed by atoms with van der Waals surface area (Å²) in [5, 5.41) is 14.0. The maximum Gasteiger partial charge on any atom is 0.277 e. The van der Waals surface area contributed by atoms with Gasteiger partial charge in [-0.1, -0.05) is 74.5 Å². The third-order valence-electron chi connectivity index (χ3n) is 6.70. The molecule has 0 spiro atoms. The molecule has 1 aliphatic heterocycles. The first kappa shape index (κ1) is 17.9. The highest BCUT2D eigenvalue weighted by atomic mass is 16.6. The minimum absolute atomic E-state index is 0.130. The number of rotatable bonds is 2. The first-order valence-corrected chi connectivity index (χ1v) is 10.4. The van der Waals surface area contributed by atoms with Crippen LogP contribution in [0, 0.1) is 10.1 Å². The molecule has 5 aromatic rings. The number of para-hydroxylation sites is 3. The summed E-state index contributed by atoms with van der Waals surface area (Å²) in [7, 11) is 0. The van der Waals surface area contributed by atoms with Gasteiger partial charge in [0.2, 0.25) is 0 Å². The van der Waals surface area contributed by atoms with E-state index in [-0.39, 0.29) is 16.0 Å². The van der Waals surface area contributed by atoms with Crippen LogP contribution in [0.1, 0.15) is 25.0 Å². The Hall–Kier alpha value is -3.92. The van der Waals surface area contributed by atoms with Crippen molar-refractivity contribution in [2.75, 3.05) is 0 Å². The summed E-state index contributed by atoms with van der Waals surface area (Å²) in [5.74, 6) is 0. The predicted octanol–water partition coefficient (Wildman–Crippen LogP) is 7.00. The fourth-order valence-corrected chi connectivity index (χ4v) is 5.28. The second-order valence-electron chi connectivity index (χ2n) is 8.65. The van der Waals surface area contributed by atoms with Crippen molar-refractivity contribution in [1.29, 1.82) is 0 Å². The number of nitrogens with zero attached hydrogens (tertiary/aromatic N) is 2. The van der Waals surface area contributed by atoms with Crippen molar-refractivity contribution in [1.82, 2.24) is 4.57 Å². The summed E-state index contributed by atoms with van der Waals surface area (Å²) >= 11 is 0. The summed E-state index contributed by atoms with van der Waals surface area (Å²) in [6, 6.07) is 28.1. The molecule has 1 aromatic heterocycles. The Kier molecular flexibility index (Phi) is 3.49. The molecule has 2 heterocycles. The molecule has 0 bridgehead atoms. The Bertz CT molecular complexity index is 1540. The molecule has 31 heavy (non-hydrogen) atoms. The van der Waals surface area contributed by atoms with Crippen LogP contribution in [0.25, 0.3) is 38.6 Å². The van der Waals surface area contributed by atoms with Crippen molar-refractivity contribution in [3.63, 3.8) is 0 Å². The molecule has 0 saturated carbocycles. The average Bonchev–Trinajstić information content (AvgIpc) is 3.13. The van der Waals surface area contributed by atoms with E-state index in [0.29, 0.717) is 5.56 Å². The van der Waals surface area contributed by atoms with Crippen molar-refractivity contribution in [3.05, 3.63) is 106 Å². The van der Waals surface area contributed by atoms with Gasteiger partial charge in [-0.25, -0.2) is 0 Å². The van der Waals surface area contributed by atoms with E-state index in [4.69, 9.17) is 0 Å². The van der Waals surface area contributed by atoms with Gasteiger partial charge in [0.05, 0.1) is 27.2 Å². The van der Waals surface area contributed by atoms with Crippen molar-refractivity contribution >= 4 is 27.5 Å². The third kappa shape index (κ3) is 2.24. The minimum Gasteiger partial charge on any atom is -0.309 e. The van der Waals surface area contributed by atoms with Gasteiger partial charge in [-0.2, -0.15) is 0 Å². The summed E-state index contributed by atoms with van der Waals surface area (Å²) in [5.41, 5.74) is 7.45. The lowest BCUT2D eigenvalue weighted by atomic mass is 9.74. The number of aromatic nitrogens is 1. The van der Waals surface area contributed by atoms with Crippen LogP contribution in [0.2, 0.25) is 0 Å². The highest BCUT2D eigenvalue weighted by molar-refractivity contribution is 6.18. The number of benzene rings is 4. The zero-order chi connectivity index (χ0) is 21.3. The first-order chi connectivity index (χ1) is 15.0. The number of fused-ring (bicyclic) bond motifs is 5. The molecule has 4 nitrogen and oxygen atoms in total. The fourth-order valence-electron chi connectivity index (χ4n) is 5.28. The Morgan fingerprint density at radius 3 is 2.32 bits per heavy atom. The molecule has 0 radical (unpaired) electrons. The summed E-state index contributed by atoms with van der Waals surface area (Å²) in [6.45, 7) is 4.51. The van der Waals surface area contributed by atoms with E-state index in [1.807, 2.05) is 18.2 Å². The Morgan fingerprint density at radius 1 is 0.774 bits per heavy atom. The van der Waals surface area contributed by atoms with E-state index in [2.05, 4.69) is 73.0 Å². The molecule has 6 rings (SSSR count). The van der Waals surface area contributed by atoms with Gasteiger partial charge in [-0.05, 0) is 34.9 Å². The number of nitro benzene ring substituents is 1. The molecule has 0 atom stereocenters. The first-order valence-electron chi connectivity index (χ1n) is 10.4. The summed E-state index contributed by atoms with van der Waals surface area (Å²) in [4.78, 5) is 11.5. The van der Waals surface area contributed by atoms with E-state index in [9.17, 15) is 10.1 Å². The molecule has 0 unspecified atom stereocenters.